The molecular formula is C15H14Cl4N2. The highest BCUT2D eigenvalue weighted by Gasteiger charge is 2.14. The first-order valence-corrected chi connectivity index (χ1v) is 7.85. The van der Waals surface area contributed by atoms with E-state index in [9.17, 15) is 0 Å². The highest BCUT2D eigenvalue weighted by Crippen LogP contribution is 2.28. The Balaban J connectivity index is 2.15. The minimum atomic E-state index is -0.0142. The Morgan fingerprint density at radius 1 is 0.905 bits per heavy atom. The molecule has 0 spiro atoms. The molecule has 3 N–H and O–H groups in total. The lowest BCUT2D eigenvalue weighted by Gasteiger charge is -2.18. The number of hydrogen-bond acceptors (Lipinski definition) is 2. The summed E-state index contributed by atoms with van der Waals surface area (Å²) in [6, 6.07) is 11.0. The number of hydrazine groups is 1. The van der Waals surface area contributed by atoms with Gasteiger partial charge >= 0.3 is 0 Å². The Morgan fingerprint density at radius 3 is 2.29 bits per heavy atom. The van der Waals surface area contributed by atoms with Gasteiger partial charge in [-0.05, 0) is 42.2 Å². The molecular weight excluding hydrogens is 350 g/mol. The van der Waals surface area contributed by atoms with Crippen molar-refractivity contribution in [3.8, 4) is 0 Å². The van der Waals surface area contributed by atoms with Gasteiger partial charge in [-0.15, -0.1) is 0 Å². The van der Waals surface area contributed by atoms with Crippen molar-refractivity contribution in [2.24, 2.45) is 5.84 Å². The standard InChI is InChI=1S/C15H14Cl4N2/c16-11-5-4-9(14(18)8-11)6-12(21-20)7-10-2-1-3-13(17)15(10)19/h1-5,8,12,21H,6-7,20H2. The molecule has 2 aromatic rings. The monoisotopic (exact) mass is 362 g/mol. The van der Waals surface area contributed by atoms with Crippen LogP contribution in [0.15, 0.2) is 36.4 Å². The highest BCUT2D eigenvalue weighted by atomic mass is 35.5. The van der Waals surface area contributed by atoms with Crippen LogP contribution in [0.25, 0.3) is 0 Å². The largest absolute Gasteiger partial charge is 0.271 e. The summed E-state index contributed by atoms with van der Waals surface area (Å²) in [5.74, 6) is 5.64. The van der Waals surface area contributed by atoms with Crippen molar-refractivity contribution < 1.29 is 0 Å². The minimum Gasteiger partial charge on any atom is -0.271 e. The molecule has 112 valence electrons. The van der Waals surface area contributed by atoms with Crippen LogP contribution in [0.4, 0.5) is 0 Å². The van der Waals surface area contributed by atoms with Gasteiger partial charge in [0.25, 0.3) is 0 Å². The second-order valence-corrected chi connectivity index (χ2v) is 6.35. The predicted molar refractivity (Wildman–Crippen MR) is 91.4 cm³/mol. The van der Waals surface area contributed by atoms with Crippen LogP contribution in [0.2, 0.25) is 20.1 Å². The molecule has 21 heavy (non-hydrogen) atoms. The second kappa shape index (κ2) is 7.68. The molecule has 6 heteroatoms. The topological polar surface area (TPSA) is 38.0 Å². The number of nitrogens with one attached hydrogen (secondary N) is 1. The zero-order chi connectivity index (χ0) is 15.4. The zero-order valence-corrected chi connectivity index (χ0v) is 14.1. The third-order valence-corrected chi connectivity index (χ3v) is 4.66. The van der Waals surface area contributed by atoms with Crippen LogP contribution in [0.3, 0.4) is 0 Å². The fourth-order valence-electron chi connectivity index (χ4n) is 2.11. The lowest BCUT2D eigenvalue weighted by molar-refractivity contribution is 0.522. The lowest BCUT2D eigenvalue weighted by Crippen LogP contribution is -2.38. The predicted octanol–water partition coefficient (Wildman–Crippen LogP) is 4.92. The molecule has 0 aromatic heterocycles. The van der Waals surface area contributed by atoms with Crippen molar-refractivity contribution in [3.63, 3.8) is 0 Å². The molecule has 0 aliphatic rings. The molecule has 0 amide bonds. The molecule has 1 atom stereocenters. The molecule has 0 heterocycles. The molecule has 2 aromatic carbocycles. The summed E-state index contributed by atoms with van der Waals surface area (Å²) in [5.41, 5.74) is 4.71. The summed E-state index contributed by atoms with van der Waals surface area (Å²) in [4.78, 5) is 0. The van der Waals surface area contributed by atoms with Crippen LogP contribution < -0.4 is 11.3 Å². The van der Waals surface area contributed by atoms with Crippen molar-refractivity contribution in [2.75, 3.05) is 0 Å². The molecule has 0 bridgehead atoms. The Hall–Kier alpha value is -0.480. The van der Waals surface area contributed by atoms with Gasteiger partial charge in [0.2, 0.25) is 0 Å². The van der Waals surface area contributed by atoms with E-state index in [0.29, 0.717) is 32.9 Å². The smallest absolute Gasteiger partial charge is 0.0624 e. The molecule has 0 aliphatic carbocycles. The number of hydrogen-bond donors (Lipinski definition) is 2. The molecule has 0 fully saturated rings. The Bertz CT molecular complexity index is 631. The lowest BCUT2D eigenvalue weighted by atomic mass is 9.99. The van der Waals surface area contributed by atoms with Crippen molar-refractivity contribution in [1.82, 2.24) is 5.43 Å². The van der Waals surface area contributed by atoms with E-state index in [1.807, 2.05) is 24.3 Å². The first-order valence-electron chi connectivity index (χ1n) is 6.34. The fourth-order valence-corrected chi connectivity index (χ4v) is 3.00. The fraction of sp³-hybridized carbons (Fsp3) is 0.200. The van der Waals surface area contributed by atoms with Gasteiger partial charge in [0.1, 0.15) is 0 Å². The van der Waals surface area contributed by atoms with Gasteiger partial charge < -0.3 is 0 Å². The van der Waals surface area contributed by atoms with Gasteiger partial charge in [-0.1, -0.05) is 64.6 Å². The van der Waals surface area contributed by atoms with Gasteiger partial charge in [0.15, 0.2) is 0 Å². The van der Waals surface area contributed by atoms with E-state index in [4.69, 9.17) is 52.2 Å². The number of benzene rings is 2. The maximum absolute atomic E-state index is 6.21. The Morgan fingerprint density at radius 2 is 1.62 bits per heavy atom. The van der Waals surface area contributed by atoms with Crippen LogP contribution >= 0.6 is 46.4 Å². The van der Waals surface area contributed by atoms with Crippen LogP contribution in [-0.2, 0) is 12.8 Å². The first kappa shape index (κ1) is 16.9. The Kier molecular flexibility index (Phi) is 6.18. The average molecular weight is 364 g/mol. The van der Waals surface area contributed by atoms with Gasteiger partial charge in [-0.3, -0.25) is 11.3 Å². The highest BCUT2D eigenvalue weighted by molar-refractivity contribution is 6.42. The van der Waals surface area contributed by atoms with Gasteiger partial charge in [0.05, 0.1) is 10.0 Å². The summed E-state index contributed by atoms with van der Waals surface area (Å²) >= 11 is 24.3. The molecule has 0 saturated carbocycles. The van der Waals surface area contributed by atoms with Gasteiger partial charge in [0, 0.05) is 16.1 Å². The molecule has 0 radical (unpaired) electrons. The Labute approximate surface area is 144 Å². The first-order chi connectivity index (χ1) is 10.0. The van der Waals surface area contributed by atoms with E-state index in [0.717, 1.165) is 11.1 Å². The van der Waals surface area contributed by atoms with Gasteiger partial charge in [-0.25, -0.2) is 0 Å². The molecule has 2 nitrogen and oxygen atoms in total. The number of nitrogens with two attached hydrogens (primary N) is 1. The van der Waals surface area contributed by atoms with Crippen molar-refractivity contribution in [2.45, 2.75) is 18.9 Å². The van der Waals surface area contributed by atoms with Crippen LogP contribution in [0, 0.1) is 0 Å². The molecule has 0 aliphatic heterocycles. The maximum atomic E-state index is 6.21. The summed E-state index contributed by atoms with van der Waals surface area (Å²) < 4.78 is 0. The van der Waals surface area contributed by atoms with Crippen molar-refractivity contribution >= 4 is 46.4 Å². The summed E-state index contributed by atoms with van der Waals surface area (Å²) in [6.07, 6.45) is 1.31. The van der Waals surface area contributed by atoms with Crippen LogP contribution in [-0.4, -0.2) is 6.04 Å². The second-order valence-electron chi connectivity index (χ2n) is 4.72. The van der Waals surface area contributed by atoms with Crippen molar-refractivity contribution in [3.05, 3.63) is 67.6 Å². The van der Waals surface area contributed by atoms with E-state index < -0.39 is 0 Å². The number of halogens is 4. The summed E-state index contributed by atoms with van der Waals surface area (Å²) in [5, 5.41) is 2.33. The molecule has 0 saturated heterocycles. The normalized spacial score (nSPS) is 12.4. The van der Waals surface area contributed by atoms with E-state index in [1.165, 1.54) is 0 Å². The quantitative estimate of drug-likeness (QED) is 0.584. The van der Waals surface area contributed by atoms with E-state index in [1.54, 1.807) is 12.1 Å². The van der Waals surface area contributed by atoms with Crippen LogP contribution in [0.5, 0.6) is 0 Å². The summed E-state index contributed by atoms with van der Waals surface area (Å²) in [7, 11) is 0. The molecule has 1 unspecified atom stereocenters. The average Bonchev–Trinajstić information content (AvgIpc) is 2.45. The third-order valence-electron chi connectivity index (χ3n) is 3.22. The minimum absolute atomic E-state index is 0.0142. The van der Waals surface area contributed by atoms with Crippen LogP contribution in [0.1, 0.15) is 11.1 Å². The van der Waals surface area contributed by atoms with E-state index in [-0.39, 0.29) is 6.04 Å². The maximum Gasteiger partial charge on any atom is 0.0624 e. The zero-order valence-electron chi connectivity index (χ0n) is 11.0. The van der Waals surface area contributed by atoms with E-state index >= 15 is 0 Å². The number of rotatable bonds is 5. The SMILES string of the molecule is NNC(Cc1ccc(Cl)cc1Cl)Cc1cccc(Cl)c1Cl. The molecule has 2 rings (SSSR count). The van der Waals surface area contributed by atoms with E-state index in [2.05, 4.69) is 5.43 Å². The third kappa shape index (κ3) is 4.49. The van der Waals surface area contributed by atoms with Gasteiger partial charge in [-0.2, -0.15) is 0 Å². The summed E-state index contributed by atoms with van der Waals surface area (Å²) in [6.45, 7) is 0. The van der Waals surface area contributed by atoms with Crippen molar-refractivity contribution in [1.29, 1.82) is 0 Å².